The molecule has 0 saturated heterocycles. The second-order valence-corrected chi connectivity index (χ2v) is 5.16. The van der Waals surface area contributed by atoms with Gasteiger partial charge in [-0.15, -0.1) is 0 Å². The van der Waals surface area contributed by atoms with Crippen molar-refractivity contribution in [1.29, 1.82) is 0 Å². The van der Waals surface area contributed by atoms with Crippen molar-refractivity contribution in [3.05, 3.63) is 21.6 Å². The molecule has 118 valence electrons. The van der Waals surface area contributed by atoms with Gasteiger partial charge in [-0.2, -0.15) is 5.10 Å². The number of amides is 1. The summed E-state index contributed by atoms with van der Waals surface area (Å²) in [5, 5.41) is 7.10. The first-order chi connectivity index (χ1) is 9.96. The Labute approximate surface area is 130 Å². The summed E-state index contributed by atoms with van der Waals surface area (Å²) >= 11 is 6.07. The van der Waals surface area contributed by atoms with Crippen molar-refractivity contribution in [3.63, 3.8) is 0 Å². The third-order valence-electron chi connectivity index (χ3n) is 3.24. The molecule has 0 radical (unpaired) electrons. The molecule has 0 aromatic carbocycles. The van der Waals surface area contributed by atoms with Gasteiger partial charge in [0.25, 0.3) is 5.56 Å². The first-order valence-electron chi connectivity index (χ1n) is 7.27. The van der Waals surface area contributed by atoms with Gasteiger partial charge in [-0.25, -0.2) is 4.68 Å². The largest absolute Gasteiger partial charge is 0.371 e. The molecule has 0 bridgehead atoms. The maximum absolute atomic E-state index is 12.2. The molecule has 1 amide bonds. The molecule has 7 heteroatoms. The Hall–Kier alpha value is -1.56. The van der Waals surface area contributed by atoms with E-state index in [0.717, 1.165) is 6.42 Å². The van der Waals surface area contributed by atoms with Gasteiger partial charge in [-0.1, -0.05) is 18.5 Å². The van der Waals surface area contributed by atoms with Crippen LogP contribution < -0.4 is 10.9 Å². The van der Waals surface area contributed by atoms with E-state index in [1.54, 1.807) is 11.8 Å². The fourth-order valence-electron chi connectivity index (χ4n) is 2.04. The molecule has 1 unspecified atom stereocenters. The Morgan fingerprint density at radius 3 is 2.57 bits per heavy atom. The molecule has 1 N–H and O–H groups in total. The number of nitrogens with one attached hydrogen (secondary N) is 1. The van der Waals surface area contributed by atoms with Crippen molar-refractivity contribution in [3.8, 4) is 0 Å². The first kappa shape index (κ1) is 17.5. The van der Waals surface area contributed by atoms with Gasteiger partial charge in [0, 0.05) is 19.6 Å². The Morgan fingerprint density at radius 2 is 2.05 bits per heavy atom. The van der Waals surface area contributed by atoms with Crippen LogP contribution in [0.2, 0.25) is 5.02 Å². The van der Waals surface area contributed by atoms with Crippen LogP contribution in [0.15, 0.2) is 11.0 Å². The number of hydrogen-bond acceptors (Lipinski definition) is 4. The minimum Gasteiger partial charge on any atom is -0.371 e. The molecule has 1 heterocycles. The molecule has 1 rings (SSSR count). The number of aryl methyl sites for hydroxylation is 1. The van der Waals surface area contributed by atoms with Gasteiger partial charge in [0.05, 0.1) is 11.9 Å². The summed E-state index contributed by atoms with van der Waals surface area (Å²) in [5.41, 5.74) is 0.0491. The number of aromatic nitrogens is 2. The van der Waals surface area contributed by atoms with Gasteiger partial charge < -0.3 is 10.2 Å². The van der Waals surface area contributed by atoms with Crippen molar-refractivity contribution in [2.45, 2.75) is 46.7 Å². The van der Waals surface area contributed by atoms with E-state index in [4.69, 9.17) is 11.6 Å². The lowest BCUT2D eigenvalue weighted by Crippen LogP contribution is -2.41. The van der Waals surface area contributed by atoms with E-state index in [2.05, 4.69) is 10.4 Å². The molecule has 6 nitrogen and oxygen atoms in total. The highest BCUT2D eigenvalue weighted by Gasteiger charge is 2.20. The average molecular weight is 315 g/mol. The number of halogens is 1. The quantitative estimate of drug-likeness (QED) is 0.835. The Morgan fingerprint density at radius 1 is 1.43 bits per heavy atom. The third-order valence-corrected chi connectivity index (χ3v) is 3.60. The zero-order valence-corrected chi connectivity index (χ0v) is 13.8. The lowest BCUT2D eigenvalue weighted by atomic mass is 10.2. The monoisotopic (exact) mass is 314 g/mol. The van der Waals surface area contributed by atoms with E-state index in [1.165, 1.54) is 10.9 Å². The molecule has 1 aromatic rings. The highest BCUT2D eigenvalue weighted by atomic mass is 35.5. The normalized spacial score (nSPS) is 12.0. The highest BCUT2D eigenvalue weighted by molar-refractivity contribution is 6.33. The predicted molar refractivity (Wildman–Crippen MR) is 84.8 cm³/mol. The van der Waals surface area contributed by atoms with E-state index in [-0.39, 0.29) is 16.5 Å². The minimum absolute atomic E-state index is 0.0335. The molecule has 1 atom stereocenters. The number of nitrogens with zero attached hydrogens (tertiary/aromatic N) is 3. The van der Waals surface area contributed by atoms with Crippen LogP contribution in [0.4, 0.5) is 5.69 Å². The van der Waals surface area contributed by atoms with Crippen LogP contribution in [-0.4, -0.2) is 39.7 Å². The van der Waals surface area contributed by atoms with Crippen LogP contribution >= 0.6 is 11.6 Å². The van der Waals surface area contributed by atoms with Crippen LogP contribution in [0.25, 0.3) is 0 Å². The van der Waals surface area contributed by atoms with Crippen molar-refractivity contribution in [2.75, 3.05) is 18.4 Å². The third kappa shape index (κ3) is 4.20. The molecule has 21 heavy (non-hydrogen) atoms. The smallest absolute Gasteiger partial charge is 0.287 e. The molecule has 0 spiro atoms. The molecular weight excluding hydrogens is 292 g/mol. The van der Waals surface area contributed by atoms with E-state index in [0.29, 0.717) is 25.3 Å². The zero-order chi connectivity index (χ0) is 16.0. The first-order valence-corrected chi connectivity index (χ1v) is 7.64. The predicted octanol–water partition coefficient (Wildman–Crippen LogP) is 1.98. The highest BCUT2D eigenvalue weighted by Crippen LogP contribution is 2.17. The van der Waals surface area contributed by atoms with Gasteiger partial charge in [0.2, 0.25) is 5.91 Å². The number of carbonyl (C=O) groups is 1. The molecule has 1 aromatic heterocycles. The van der Waals surface area contributed by atoms with Crippen molar-refractivity contribution in [2.24, 2.45) is 0 Å². The summed E-state index contributed by atoms with van der Waals surface area (Å²) in [7, 11) is 0. The lowest BCUT2D eigenvalue weighted by molar-refractivity contribution is -0.131. The van der Waals surface area contributed by atoms with Crippen molar-refractivity contribution >= 4 is 23.2 Å². The van der Waals surface area contributed by atoms with E-state index < -0.39 is 6.04 Å². The molecule has 0 aliphatic rings. The number of anilines is 1. The van der Waals surface area contributed by atoms with Gasteiger partial charge in [-0.3, -0.25) is 9.59 Å². The molecule has 0 saturated carbocycles. The summed E-state index contributed by atoms with van der Waals surface area (Å²) in [6.07, 6.45) is 2.29. The summed E-state index contributed by atoms with van der Waals surface area (Å²) in [6, 6.07) is -0.467. The SMILES string of the molecule is CCCn1ncc(NC(C)C(=O)N(CC)CC)c(Cl)c1=O. The lowest BCUT2D eigenvalue weighted by Gasteiger charge is -2.24. The van der Waals surface area contributed by atoms with Gasteiger partial charge in [-0.05, 0) is 27.2 Å². The number of likely N-dealkylation sites (N-methyl/N-ethyl adjacent to an activating group) is 1. The summed E-state index contributed by atoms with van der Waals surface area (Å²) in [6.45, 7) is 9.36. The van der Waals surface area contributed by atoms with E-state index in [1.807, 2.05) is 20.8 Å². The van der Waals surface area contributed by atoms with E-state index >= 15 is 0 Å². The van der Waals surface area contributed by atoms with Crippen molar-refractivity contribution in [1.82, 2.24) is 14.7 Å². The topological polar surface area (TPSA) is 67.2 Å². The van der Waals surface area contributed by atoms with Gasteiger partial charge in [0.15, 0.2) is 0 Å². The van der Waals surface area contributed by atoms with Crippen molar-refractivity contribution < 1.29 is 4.79 Å². The number of carbonyl (C=O) groups excluding carboxylic acids is 1. The minimum atomic E-state index is -0.467. The van der Waals surface area contributed by atoms with Crippen LogP contribution in [0.3, 0.4) is 0 Å². The Kier molecular flexibility index (Phi) is 6.68. The van der Waals surface area contributed by atoms with E-state index in [9.17, 15) is 9.59 Å². The maximum Gasteiger partial charge on any atom is 0.287 e. The van der Waals surface area contributed by atoms with Crippen LogP contribution in [-0.2, 0) is 11.3 Å². The van der Waals surface area contributed by atoms with Crippen LogP contribution in [0.1, 0.15) is 34.1 Å². The fourth-order valence-corrected chi connectivity index (χ4v) is 2.24. The summed E-state index contributed by atoms with van der Waals surface area (Å²) in [4.78, 5) is 25.9. The maximum atomic E-state index is 12.2. The molecular formula is C14H23ClN4O2. The summed E-state index contributed by atoms with van der Waals surface area (Å²) < 4.78 is 1.32. The molecule has 0 aliphatic heterocycles. The molecule has 0 aliphatic carbocycles. The number of hydrogen-bond donors (Lipinski definition) is 1. The zero-order valence-electron chi connectivity index (χ0n) is 13.0. The summed E-state index contributed by atoms with van der Waals surface area (Å²) in [5.74, 6) is -0.0335. The second-order valence-electron chi connectivity index (χ2n) is 4.78. The van der Waals surface area contributed by atoms with Gasteiger partial charge >= 0.3 is 0 Å². The standard InChI is InChI=1S/C14H23ClN4O2/c1-5-8-19-14(21)12(15)11(9-16-19)17-10(4)13(20)18(6-2)7-3/h9-10,17H,5-8H2,1-4H3. The number of rotatable bonds is 7. The Balaban J connectivity index is 2.91. The Bertz CT molecular complexity index is 540. The van der Waals surface area contributed by atoms with Crippen LogP contribution in [0.5, 0.6) is 0 Å². The fraction of sp³-hybridized carbons (Fsp3) is 0.643. The van der Waals surface area contributed by atoms with Crippen LogP contribution in [0, 0.1) is 0 Å². The van der Waals surface area contributed by atoms with Gasteiger partial charge in [0.1, 0.15) is 11.1 Å². The molecule has 0 fully saturated rings. The second kappa shape index (κ2) is 8.02. The average Bonchev–Trinajstić information content (AvgIpc) is 2.48.